The van der Waals surface area contributed by atoms with Crippen molar-refractivity contribution in [3.63, 3.8) is 0 Å². The molecule has 2 nitrogen and oxygen atoms in total. The maximum absolute atomic E-state index is 11.1. The molecule has 0 fully saturated rings. The Hall–Kier alpha value is 0.457. The first-order valence-electron chi connectivity index (χ1n) is 3.44. The normalized spacial score (nSPS) is 15.1. The zero-order valence-electron chi connectivity index (χ0n) is 7.60. The van der Waals surface area contributed by atoms with Crippen molar-refractivity contribution in [2.24, 2.45) is 0 Å². The minimum absolute atomic E-state index is 0.201. The standard InChI is InChI=1S/C6H15ClO2SSi/c1-6(2,3)11(4,5)10(7,8)9/h1-5H3. The monoisotopic (exact) mass is 214 g/mol. The van der Waals surface area contributed by atoms with Gasteiger partial charge >= 0.3 is 0 Å². The van der Waals surface area contributed by atoms with Crippen LogP contribution in [0.2, 0.25) is 18.1 Å². The molecule has 0 aliphatic heterocycles. The van der Waals surface area contributed by atoms with Crippen LogP contribution in [0.15, 0.2) is 0 Å². The lowest BCUT2D eigenvalue weighted by molar-refractivity contribution is 0.615. The Labute approximate surface area is 74.0 Å². The van der Waals surface area contributed by atoms with Crippen LogP contribution in [0.1, 0.15) is 20.8 Å². The fourth-order valence-electron chi connectivity index (χ4n) is 0.366. The molecule has 0 rings (SSSR count). The summed E-state index contributed by atoms with van der Waals surface area (Å²) < 4.78 is 22.3. The van der Waals surface area contributed by atoms with Crippen LogP contribution in [0.4, 0.5) is 0 Å². The van der Waals surface area contributed by atoms with E-state index >= 15 is 0 Å². The van der Waals surface area contributed by atoms with E-state index in [2.05, 4.69) is 0 Å². The molecule has 68 valence electrons. The molecule has 0 unspecified atom stereocenters. The van der Waals surface area contributed by atoms with Gasteiger partial charge in [-0.1, -0.05) is 33.9 Å². The highest BCUT2D eigenvalue weighted by molar-refractivity contribution is 8.38. The molecule has 0 aliphatic rings. The second-order valence-electron chi connectivity index (χ2n) is 4.20. The topological polar surface area (TPSA) is 34.1 Å². The van der Waals surface area contributed by atoms with Gasteiger partial charge in [0.05, 0.1) is 0 Å². The van der Waals surface area contributed by atoms with Gasteiger partial charge < -0.3 is 0 Å². The smallest absolute Gasteiger partial charge is 0.214 e. The van der Waals surface area contributed by atoms with Crippen LogP contribution in [-0.4, -0.2) is 15.6 Å². The lowest BCUT2D eigenvalue weighted by Gasteiger charge is -2.32. The molecule has 0 bridgehead atoms. The van der Waals surface area contributed by atoms with Gasteiger partial charge in [0.2, 0.25) is 7.22 Å². The molecule has 0 aromatic rings. The second-order valence-corrected chi connectivity index (χ2v) is 16.3. The van der Waals surface area contributed by atoms with Gasteiger partial charge in [0.25, 0.3) is 0 Å². The van der Waals surface area contributed by atoms with E-state index in [9.17, 15) is 8.42 Å². The maximum atomic E-state index is 11.1. The van der Waals surface area contributed by atoms with Crippen molar-refractivity contribution in [2.45, 2.75) is 38.9 Å². The van der Waals surface area contributed by atoms with E-state index in [1.54, 1.807) is 13.1 Å². The van der Waals surface area contributed by atoms with E-state index in [0.29, 0.717) is 0 Å². The largest absolute Gasteiger partial charge is 0.220 e. The molecule has 0 amide bonds. The summed E-state index contributed by atoms with van der Waals surface area (Å²) in [5, 5.41) is -0.201. The van der Waals surface area contributed by atoms with Crippen LogP contribution in [0, 0.1) is 0 Å². The third-order valence-corrected chi connectivity index (χ3v) is 16.2. The summed E-state index contributed by atoms with van der Waals surface area (Å²) >= 11 is 0. The third kappa shape index (κ3) is 2.20. The molecule has 11 heavy (non-hydrogen) atoms. The van der Waals surface area contributed by atoms with Crippen molar-refractivity contribution in [3.05, 3.63) is 0 Å². The first-order chi connectivity index (χ1) is 4.50. The van der Waals surface area contributed by atoms with Gasteiger partial charge in [-0.3, -0.25) is 0 Å². The first-order valence-corrected chi connectivity index (χ1v) is 9.48. The highest BCUT2D eigenvalue weighted by Crippen LogP contribution is 2.40. The molecule has 0 atom stereocenters. The second kappa shape index (κ2) is 2.75. The summed E-state index contributed by atoms with van der Waals surface area (Å²) in [7, 11) is -0.374. The van der Waals surface area contributed by atoms with E-state index in [1.807, 2.05) is 20.8 Å². The van der Waals surface area contributed by atoms with Crippen molar-refractivity contribution in [2.75, 3.05) is 0 Å². The Bertz CT molecular complexity index is 238. The van der Waals surface area contributed by atoms with Crippen molar-refractivity contribution in [3.8, 4) is 0 Å². The zero-order chi connectivity index (χ0) is 9.50. The molecular weight excluding hydrogens is 200 g/mol. The first kappa shape index (κ1) is 11.5. The van der Waals surface area contributed by atoms with Gasteiger partial charge in [-0.2, -0.15) is 0 Å². The molecule has 0 radical (unpaired) electrons. The summed E-state index contributed by atoms with van der Waals surface area (Å²) in [5.41, 5.74) is 0. The highest BCUT2D eigenvalue weighted by Gasteiger charge is 2.46. The van der Waals surface area contributed by atoms with Gasteiger partial charge in [-0.05, 0) is 5.04 Å². The summed E-state index contributed by atoms with van der Waals surface area (Å²) in [5.74, 6) is 0. The lowest BCUT2D eigenvalue weighted by Crippen LogP contribution is -2.43. The molecule has 0 spiro atoms. The lowest BCUT2D eigenvalue weighted by atomic mass is 10.2. The van der Waals surface area contributed by atoms with Gasteiger partial charge in [0.1, 0.15) is 0 Å². The van der Waals surface area contributed by atoms with Gasteiger partial charge in [-0.15, -0.1) is 0 Å². The Balaban J connectivity index is 5.08. The molecule has 0 heterocycles. The fourth-order valence-corrected chi connectivity index (χ4v) is 5.37. The summed E-state index contributed by atoms with van der Waals surface area (Å²) in [6, 6.07) is 0. The SMILES string of the molecule is CC(C)(C)[Si](C)(C)S(=O)(=O)Cl. The van der Waals surface area contributed by atoms with E-state index in [4.69, 9.17) is 10.7 Å². The van der Waals surface area contributed by atoms with Crippen LogP contribution < -0.4 is 0 Å². The maximum Gasteiger partial charge on any atom is 0.214 e. The van der Waals surface area contributed by atoms with Crippen LogP contribution in [0.25, 0.3) is 0 Å². The molecule has 0 aliphatic carbocycles. The minimum atomic E-state index is -3.35. The fraction of sp³-hybridized carbons (Fsp3) is 1.00. The summed E-state index contributed by atoms with van der Waals surface area (Å²) in [6.45, 7) is 9.29. The minimum Gasteiger partial charge on any atom is -0.220 e. The van der Waals surface area contributed by atoms with E-state index < -0.39 is 15.7 Å². The van der Waals surface area contributed by atoms with E-state index in [-0.39, 0.29) is 5.04 Å². The molecule has 0 saturated heterocycles. The van der Waals surface area contributed by atoms with E-state index in [1.165, 1.54) is 0 Å². The Kier molecular flexibility index (Phi) is 2.86. The number of halogens is 1. The molecule has 0 aromatic carbocycles. The summed E-state index contributed by atoms with van der Waals surface area (Å²) in [4.78, 5) is 0. The molecular formula is C6H15ClO2SSi. The Morgan fingerprint density at radius 1 is 1.18 bits per heavy atom. The number of rotatable bonds is 1. The van der Waals surface area contributed by atoms with Crippen molar-refractivity contribution >= 4 is 26.4 Å². The van der Waals surface area contributed by atoms with Crippen molar-refractivity contribution < 1.29 is 8.42 Å². The average Bonchev–Trinajstić information content (AvgIpc) is 1.58. The van der Waals surface area contributed by atoms with Crippen LogP contribution in [-0.2, 0) is 8.50 Å². The number of hydrogen-bond donors (Lipinski definition) is 0. The third-order valence-electron chi connectivity index (χ3n) is 2.42. The van der Waals surface area contributed by atoms with Gasteiger partial charge in [0.15, 0.2) is 8.50 Å². The van der Waals surface area contributed by atoms with E-state index in [0.717, 1.165) is 0 Å². The van der Waals surface area contributed by atoms with Crippen LogP contribution in [0.5, 0.6) is 0 Å². The van der Waals surface area contributed by atoms with Crippen molar-refractivity contribution in [1.29, 1.82) is 0 Å². The summed E-state index contributed by atoms with van der Waals surface area (Å²) in [6.07, 6.45) is 0. The number of hydrogen-bond acceptors (Lipinski definition) is 2. The Morgan fingerprint density at radius 3 is 1.45 bits per heavy atom. The Morgan fingerprint density at radius 2 is 1.45 bits per heavy atom. The molecule has 0 aromatic heterocycles. The van der Waals surface area contributed by atoms with Crippen LogP contribution >= 0.6 is 10.7 Å². The molecule has 0 N–H and O–H groups in total. The highest BCUT2D eigenvalue weighted by atomic mass is 35.7. The predicted molar refractivity (Wildman–Crippen MR) is 52.0 cm³/mol. The quantitative estimate of drug-likeness (QED) is 0.497. The molecule has 0 saturated carbocycles. The van der Waals surface area contributed by atoms with Crippen LogP contribution in [0.3, 0.4) is 0 Å². The average molecular weight is 215 g/mol. The van der Waals surface area contributed by atoms with Gasteiger partial charge in [-0.25, -0.2) is 8.42 Å². The zero-order valence-corrected chi connectivity index (χ0v) is 10.2. The predicted octanol–water partition coefficient (Wildman–Crippen LogP) is 2.56. The van der Waals surface area contributed by atoms with Crippen molar-refractivity contribution in [1.82, 2.24) is 0 Å². The molecule has 5 heteroatoms. The van der Waals surface area contributed by atoms with Gasteiger partial charge in [0, 0.05) is 10.7 Å².